The lowest BCUT2D eigenvalue weighted by Crippen LogP contribution is -2.13. The van der Waals surface area contributed by atoms with Gasteiger partial charge in [-0.1, -0.05) is 24.3 Å². The van der Waals surface area contributed by atoms with Gasteiger partial charge in [0.05, 0.1) is 12.8 Å². The molecule has 0 atom stereocenters. The third-order valence-corrected chi connectivity index (χ3v) is 2.97. The van der Waals surface area contributed by atoms with E-state index in [4.69, 9.17) is 10.5 Å². The number of carbonyl (C=O) groups is 1. The van der Waals surface area contributed by atoms with Gasteiger partial charge < -0.3 is 15.8 Å². The summed E-state index contributed by atoms with van der Waals surface area (Å²) in [6.07, 6.45) is 1.06. The van der Waals surface area contributed by atoms with Gasteiger partial charge in [0.15, 0.2) is 0 Å². The molecule has 4 heteroatoms. The average Bonchev–Trinajstić information content (AvgIpc) is 2.46. The molecule has 0 aliphatic rings. The van der Waals surface area contributed by atoms with E-state index in [-0.39, 0.29) is 5.91 Å². The van der Waals surface area contributed by atoms with E-state index < -0.39 is 0 Å². The van der Waals surface area contributed by atoms with Crippen molar-refractivity contribution in [2.75, 3.05) is 18.2 Å². The molecule has 0 saturated carbocycles. The number of nitrogens with one attached hydrogen (secondary N) is 1. The topological polar surface area (TPSA) is 64.3 Å². The molecule has 0 aromatic heterocycles. The highest BCUT2D eigenvalue weighted by Crippen LogP contribution is 2.23. The number of carbonyl (C=O) groups excluding carboxylic acids is 1. The minimum Gasteiger partial charge on any atom is -0.495 e. The van der Waals surface area contributed by atoms with Crippen LogP contribution in [0.15, 0.2) is 48.5 Å². The van der Waals surface area contributed by atoms with Crippen LogP contribution >= 0.6 is 0 Å². The fraction of sp³-hybridized carbons (Fsp3) is 0.188. The number of para-hydroxylation sites is 2. The first-order chi connectivity index (χ1) is 9.69. The molecule has 0 bridgehead atoms. The lowest BCUT2D eigenvalue weighted by molar-refractivity contribution is -0.116. The molecule has 4 nitrogen and oxygen atoms in total. The number of amides is 1. The highest BCUT2D eigenvalue weighted by molar-refractivity contribution is 5.92. The average molecular weight is 270 g/mol. The van der Waals surface area contributed by atoms with E-state index in [2.05, 4.69) is 5.32 Å². The van der Waals surface area contributed by atoms with Gasteiger partial charge in [-0.05, 0) is 36.2 Å². The number of anilines is 2. The van der Waals surface area contributed by atoms with Crippen molar-refractivity contribution >= 4 is 17.3 Å². The molecule has 0 fully saturated rings. The Morgan fingerprint density at radius 3 is 2.75 bits per heavy atom. The van der Waals surface area contributed by atoms with E-state index in [1.54, 1.807) is 7.11 Å². The summed E-state index contributed by atoms with van der Waals surface area (Å²) in [6, 6.07) is 14.9. The zero-order chi connectivity index (χ0) is 14.4. The number of aryl methyl sites for hydroxylation is 1. The minimum absolute atomic E-state index is 0.0445. The van der Waals surface area contributed by atoms with Gasteiger partial charge in [-0.2, -0.15) is 0 Å². The van der Waals surface area contributed by atoms with Crippen molar-refractivity contribution in [1.82, 2.24) is 0 Å². The summed E-state index contributed by atoms with van der Waals surface area (Å²) < 4.78 is 5.19. The molecular weight excluding hydrogens is 252 g/mol. The molecule has 104 valence electrons. The molecule has 0 heterocycles. The second-order valence-corrected chi connectivity index (χ2v) is 4.49. The van der Waals surface area contributed by atoms with Crippen molar-refractivity contribution in [3.63, 3.8) is 0 Å². The Morgan fingerprint density at radius 2 is 2.00 bits per heavy atom. The van der Waals surface area contributed by atoms with E-state index in [0.717, 1.165) is 5.56 Å². The van der Waals surface area contributed by atoms with Gasteiger partial charge in [0, 0.05) is 12.1 Å². The van der Waals surface area contributed by atoms with Gasteiger partial charge in [0.1, 0.15) is 5.75 Å². The molecule has 20 heavy (non-hydrogen) atoms. The third kappa shape index (κ3) is 3.75. The zero-order valence-electron chi connectivity index (χ0n) is 11.4. The van der Waals surface area contributed by atoms with E-state index >= 15 is 0 Å². The molecular formula is C16H18N2O2. The normalized spacial score (nSPS) is 10.1. The number of ether oxygens (including phenoxy) is 1. The van der Waals surface area contributed by atoms with Crippen LogP contribution in [0, 0.1) is 0 Å². The van der Waals surface area contributed by atoms with E-state index in [1.807, 2.05) is 48.5 Å². The number of nitrogens with two attached hydrogens (primary N) is 1. The summed E-state index contributed by atoms with van der Waals surface area (Å²) in [5.41, 5.74) is 8.17. The van der Waals surface area contributed by atoms with Crippen LogP contribution in [-0.4, -0.2) is 13.0 Å². The van der Waals surface area contributed by atoms with Crippen LogP contribution in [-0.2, 0) is 11.2 Å². The first kappa shape index (κ1) is 13.9. The van der Waals surface area contributed by atoms with Crippen molar-refractivity contribution in [2.24, 2.45) is 0 Å². The van der Waals surface area contributed by atoms with Gasteiger partial charge in [-0.25, -0.2) is 0 Å². The van der Waals surface area contributed by atoms with Gasteiger partial charge >= 0.3 is 0 Å². The van der Waals surface area contributed by atoms with Crippen molar-refractivity contribution < 1.29 is 9.53 Å². The maximum atomic E-state index is 11.9. The standard InChI is InChI=1S/C16H18N2O2/c1-20-15-8-3-2-7-14(15)18-16(19)10-9-12-5-4-6-13(17)11-12/h2-8,11H,9-10,17H2,1H3,(H,18,19). The summed E-state index contributed by atoms with van der Waals surface area (Å²) in [6.45, 7) is 0. The Hall–Kier alpha value is -2.49. The number of methoxy groups -OCH3 is 1. The van der Waals surface area contributed by atoms with Crippen LogP contribution in [0.4, 0.5) is 11.4 Å². The maximum Gasteiger partial charge on any atom is 0.224 e. The highest BCUT2D eigenvalue weighted by Gasteiger charge is 2.07. The van der Waals surface area contributed by atoms with Gasteiger partial charge in [0.2, 0.25) is 5.91 Å². The monoisotopic (exact) mass is 270 g/mol. The van der Waals surface area contributed by atoms with E-state index in [0.29, 0.717) is 30.0 Å². The molecule has 0 aliphatic carbocycles. The maximum absolute atomic E-state index is 11.9. The molecule has 1 amide bonds. The molecule has 0 unspecified atom stereocenters. The van der Waals surface area contributed by atoms with Crippen molar-refractivity contribution in [3.05, 3.63) is 54.1 Å². The van der Waals surface area contributed by atoms with Crippen LogP contribution in [0.3, 0.4) is 0 Å². The largest absolute Gasteiger partial charge is 0.495 e. The smallest absolute Gasteiger partial charge is 0.224 e. The van der Waals surface area contributed by atoms with Crippen LogP contribution in [0.5, 0.6) is 5.75 Å². The van der Waals surface area contributed by atoms with Crippen LogP contribution in [0.1, 0.15) is 12.0 Å². The molecule has 2 aromatic carbocycles. The van der Waals surface area contributed by atoms with Crippen molar-refractivity contribution in [2.45, 2.75) is 12.8 Å². The van der Waals surface area contributed by atoms with Crippen LogP contribution < -0.4 is 15.8 Å². The molecule has 0 saturated heterocycles. The Bertz CT molecular complexity index is 597. The van der Waals surface area contributed by atoms with Crippen molar-refractivity contribution in [1.29, 1.82) is 0 Å². The van der Waals surface area contributed by atoms with Gasteiger partial charge in [0.25, 0.3) is 0 Å². The summed E-state index contributed by atoms with van der Waals surface area (Å²) in [5.74, 6) is 0.613. The van der Waals surface area contributed by atoms with E-state index in [1.165, 1.54) is 0 Å². The van der Waals surface area contributed by atoms with Crippen LogP contribution in [0.25, 0.3) is 0 Å². The van der Waals surface area contributed by atoms with Crippen molar-refractivity contribution in [3.8, 4) is 5.75 Å². The lowest BCUT2D eigenvalue weighted by atomic mass is 10.1. The molecule has 0 radical (unpaired) electrons. The summed E-state index contributed by atoms with van der Waals surface area (Å²) in [5, 5.41) is 2.85. The third-order valence-electron chi connectivity index (χ3n) is 2.97. The van der Waals surface area contributed by atoms with Gasteiger partial charge in [-0.3, -0.25) is 4.79 Å². The summed E-state index contributed by atoms with van der Waals surface area (Å²) in [7, 11) is 1.58. The number of rotatable bonds is 5. The summed E-state index contributed by atoms with van der Waals surface area (Å²) in [4.78, 5) is 11.9. The second-order valence-electron chi connectivity index (χ2n) is 4.49. The zero-order valence-corrected chi connectivity index (χ0v) is 11.4. The number of benzene rings is 2. The number of hydrogen-bond donors (Lipinski definition) is 2. The first-order valence-electron chi connectivity index (χ1n) is 6.46. The molecule has 2 rings (SSSR count). The molecule has 3 N–H and O–H groups in total. The quantitative estimate of drug-likeness (QED) is 0.821. The van der Waals surface area contributed by atoms with Crippen LogP contribution in [0.2, 0.25) is 0 Å². The Kier molecular flexibility index (Phi) is 4.60. The SMILES string of the molecule is COc1ccccc1NC(=O)CCc1cccc(N)c1. The Labute approximate surface area is 118 Å². The first-order valence-corrected chi connectivity index (χ1v) is 6.46. The number of hydrogen-bond acceptors (Lipinski definition) is 3. The Morgan fingerprint density at radius 1 is 1.20 bits per heavy atom. The second kappa shape index (κ2) is 6.61. The Balaban J connectivity index is 1.93. The predicted octanol–water partition coefficient (Wildman–Crippen LogP) is 2.85. The molecule has 0 spiro atoms. The summed E-state index contributed by atoms with van der Waals surface area (Å²) >= 11 is 0. The number of nitrogen functional groups attached to an aromatic ring is 1. The van der Waals surface area contributed by atoms with E-state index in [9.17, 15) is 4.79 Å². The minimum atomic E-state index is -0.0445. The highest BCUT2D eigenvalue weighted by atomic mass is 16.5. The fourth-order valence-electron chi connectivity index (χ4n) is 1.97. The lowest BCUT2D eigenvalue weighted by Gasteiger charge is -2.09. The van der Waals surface area contributed by atoms with Gasteiger partial charge in [-0.15, -0.1) is 0 Å². The molecule has 0 aliphatic heterocycles. The fourth-order valence-corrected chi connectivity index (χ4v) is 1.97. The predicted molar refractivity (Wildman–Crippen MR) is 80.8 cm³/mol. The molecule has 2 aromatic rings.